The Hall–Kier alpha value is -0.720. The maximum absolute atomic E-state index is 14.3. The molecule has 2 saturated heterocycles. The van der Waals surface area contributed by atoms with Crippen LogP contribution in [0, 0.1) is 11.8 Å². The number of hydrogen-bond donors (Lipinski definition) is 3. The SMILES string of the molecule is CN[C@H]1CCN([C@H]2CCC[C@@H](NC(=O)C3CC4C(F)CCC(C)C4N3)C2)C1. The van der Waals surface area contributed by atoms with Gasteiger partial charge < -0.3 is 16.0 Å². The molecule has 4 aliphatic rings. The molecule has 6 heteroatoms. The first-order valence-electron chi connectivity index (χ1n) is 11.2. The van der Waals surface area contributed by atoms with E-state index in [9.17, 15) is 9.18 Å². The highest BCUT2D eigenvalue weighted by molar-refractivity contribution is 5.82. The van der Waals surface area contributed by atoms with Gasteiger partial charge in [0.05, 0.1) is 6.04 Å². The van der Waals surface area contributed by atoms with Gasteiger partial charge in [-0.3, -0.25) is 9.69 Å². The lowest BCUT2D eigenvalue weighted by Gasteiger charge is -2.36. The Kier molecular flexibility index (Phi) is 6.05. The summed E-state index contributed by atoms with van der Waals surface area (Å²) in [6.07, 6.45) is 7.29. The zero-order chi connectivity index (χ0) is 19.0. The maximum atomic E-state index is 14.3. The van der Waals surface area contributed by atoms with Gasteiger partial charge in [0.2, 0.25) is 5.91 Å². The zero-order valence-corrected chi connectivity index (χ0v) is 16.9. The van der Waals surface area contributed by atoms with Gasteiger partial charge in [-0.25, -0.2) is 4.39 Å². The number of nitrogens with zero attached hydrogens (tertiary/aromatic N) is 1. The van der Waals surface area contributed by atoms with Crippen molar-refractivity contribution in [1.29, 1.82) is 0 Å². The third-order valence-corrected chi connectivity index (χ3v) is 7.79. The van der Waals surface area contributed by atoms with E-state index in [1.807, 2.05) is 7.05 Å². The molecule has 3 N–H and O–H groups in total. The first-order valence-corrected chi connectivity index (χ1v) is 11.2. The molecule has 2 aliphatic heterocycles. The molecule has 0 aromatic rings. The van der Waals surface area contributed by atoms with Crippen LogP contribution < -0.4 is 16.0 Å². The van der Waals surface area contributed by atoms with Crippen LogP contribution in [0.5, 0.6) is 0 Å². The summed E-state index contributed by atoms with van der Waals surface area (Å²) in [7, 11) is 2.05. The van der Waals surface area contributed by atoms with Gasteiger partial charge in [-0.05, 0) is 64.3 Å². The molecule has 2 saturated carbocycles. The van der Waals surface area contributed by atoms with Crippen LogP contribution in [0.25, 0.3) is 0 Å². The lowest BCUT2D eigenvalue weighted by atomic mass is 9.77. The quantitative estimate of drug-likeness (QED) is 0.696. The van der Waals surface area contributed by atoms with Gasteiger partial charge >= 0.3 is 0 Å². The number of halogens is 1. The molecule has 1 amide bonds. The molecule has 2 heterocycles. The van der Waals surface area contributed by atoms with Crippen LogP contribution in [0.4, 0.5) is 4.39 Å². The topological polar surface area (TPSA) is 56.4 Å². The number of nitrogens with one attached hydrogen (secondary N) is 3. The third kappa shape index (κ3) is 4.18. The smallest absolute Gasteiger partial charge is 0.237 e. The van der Waals surface area contributed by atoms with Gasteiger partial charge in [-0.2, -0.15) is 0 Å². The molecule has 4 rings (SSSR count). The fourth-order valence-electron chi connectivity index (χ4n) is 6.08. The molecule has 2 aliphatic carbocycles. The van der Waals surface area contributed by atoms with Gasteiger partial charge in [0, 0.05) is 43.2 Å². The molecule has 0 aromatic heterocycles. The van der Waals surface area contributed by atoms with E-state index >= 15 is 0 Å². The second-order valence-electron chi connectivity index (χ2n) is 9.51. The fraction of sp³-hybridized carbons (Fsp3) is 0.952. The number of amides is 1. The van der Waals surface area contributed by atoms with Crippen LogP contribution in [0.1, 0.15) is 58.3 Å². The van der Waals surface area contributed by atoms with Crippen LogP contribution in [0.3, 0.4) is 0 Å². The fourth-order valence-corrected chi connectivity index (χ4v) is 6.08. The van der Waals surface area contributed by atoms with E-state index in [2.05, 4.69) is 27.8 Å². The molecule has 0 spiro atoms. The summed E-state index contributed by atoms with van der Waals surface area (Å²) in [6, 6.07) is 1.44. The predicted octanol–water partition coefficient (Wildman–Crippen LogP) is 1.82. The number of likely N-dealkylation sites (N-methyl/N-ethyl adjacent to an activating group) is 1. The summed E-state index contributed by atoms with van der Waals surface area (Å²) >= 11 is 0. The molecular weight excluding hydrogens is 343 g/mol. The van der Waals surface area contributed by atoms with Crippen molar-refractivity contribution < 1.29 is 9.18 Å². The molecule has 27 heavy (non-hydrogen) atoms. The Balaban J connectivity index is 1.29. The van der Waals surface area contributed by atoms with Crippen molar-refractivity contribution in [3.8, 4) is 0 Å². The number of fused-ring (bicyclic) bond motifs is 1. The van der Waals surface area contributed by atoms with Gasteiger partial charge in [-0.15, -0.1) is 0 Å². The van der Waals surface area contributed by atoms with Crippen molar-refractivity contribution in [3.05, 3.63) is 0 Å². The molecule has 0 radical (unpaired) electrons. The largest absolute Gasteiger partial charge is 0.352 e. The Morgan fingerprint density at radius 2 is 1.96 bits per heavy atom. The van der Waals surface area contributed by atoms with Crippen LogP contribution in [0.15, 0.2) is 0 Å². The highest BCUT2D eigenvalue weighted by Gasteiger charge is 2.46. The Morgan fingerprint density at radius 1 is 1.11 bits per heavy atom. The Bertz CT molecular complexity index is 514. The Labute approximate surface area is 163 Å². The summed E-state index contributed by atoms with van der Waals surface area (Å²) < 4.78 is 14.3. The van der Waals surface area contributed by atoms with Gasteiger partial charge in [0.1, 0.15) is 6.17 Å². The molecule has 5 unspecified atom stereocenters. The predicted molar refractivity (Wildman–Crippen MR) is 105 cm³/mol. The number of rotatable bonds is 4. The van der Waals surface area contributed by atoms with E-state index in [1.165, 1.54) is 25.8 Å². The van der Waals surface area contributed by atoms with E-state index in [0.29, 0.717) is 30.8 Å². The average molecular weight is 381 g/mol. The molecule has 5 nitrogen and oxygen atoms in total. The van der Waals surface area contributed by atoms with E-state index in [0.717, 1.165) is 25.8 Å². The number of carbonyl (C=O) groups excluding carboxylic acids is 1. The highest BCUT2D eigenvalue weighted by atomic mass is 19.1. The van der Waals surface area contributed by atoms with Crippen molar-refractivity contribution in [2.75, 3.05) is 20.1 Å². The standard InChI is InChI=1S/C21H37FN4O/c1-13-6-7-18(22)17-11-19(25-20(13)17)21(27)24-14-4-3-5-16(10-14)26-9-8-15(12-26)23-2/h13-20,23,25H,3-12H2,1-2H3,(H,24,27)/t13?,14-,15+,16+,17?,18?,19?,20?/m1/s1. The minimum absolute atomic E-state index is 0.0201. The molecule has 0 bridgehead atoms. The van der Waals surface area contributed by atoms with Gasteiger partial charge in [-0.1, -0.05) is 6.92 Å². The normalized spacial score (nSPS) is 45.6. The minimum Gasteiger partial charge on any atom is -0.352 e. The summed E-state index contributed by atoms with van der Waals surface area (Å²) in [5, 5.41) is 10.2. The molecular formula is C21H37FN4O. The minimum atomic E-state index is -0.745. The van der Waals surface area contributed by atoms with Gasteiger partial charge in [0.25, 0.3) is 0 Å². The second kappa shape index (κ2) is 8.34. The van der Waals surface area contributed by atoms with Crippen LogP contribution >= 0.6 is 0 Å². The average Bonchev–Trinajstić information content (AvgIpc) is 3.33. The number of carbonyl (C=O) groups is 1. The first kappa shape index (κ1) is 19.6. The third-order valence-electron chi connectivity index (χ3n) is 7.79. The van der Waals surface area contributed by atoms with Crippen molar-refractivity contribution in [2.45, 2.75) is 94.7 Å². The number of likely N-dealkylation sites (tertiary alicyclic amines) is 1. The molecule has 8 atom stereocenters. The van der Waals surface area contributed by atoms with Crippen molar-refractivity contribution in [2.24, 2.45) is 11.8 Å². The van der Waals surface area contributed by atoms with E-state index < -0.39 is 6.17 Å². The summed E-state index contributed by atoms with van der Waals surface area (Å²) in [5.41, 5.74) is 0. The van der Waals surface area contributed by atoms with Crippen molar-refractivity contribution in [1.82, 2.24) is 20.9 Å². The van der Waals surface area contributed by atoms with E-state index in [-0.39, 0.29) is 30.0 Å². The first-order chi connectivity index (χ1) is 13.0. The van der Waals surface area contributed by atoms with Gasteiger partial charge in [0.15, 0.2) is 0 Å². The lowest BCUT2D eigenvalue weighted by Crippen LogP contribution is -2.51. The Morgan fingerprint density at radius 3 is 2.70 bits per heavy atom. The summed E-state index contributed by atoms with van der Waals surface area (Å²) in [4.78, 5) is 15.5. The van der Waals surface area contributed by atoms with E-state index in [4.69, 9.17) is 0 Å². The zero-order valence-electron chi connectivity index (χ0n) is 16.9. The summed E-state index contributed by atoms with van der Waals surface area (Å²) in [6.45, 7) is 4.49. The number of hydrogen-bond acceptors (Lipinski definition) is 4. The van der Waals surface area contributed by atoms with E-state index in [1.54, 1.807) is 0 Å². The number of alkyl halides is 1. The summed E-state index contributed by atoms with van der Waals surface area (Å²) in [5.74, 6) is 0.588. The second-order valence-corrected chi connectivity index (χ2v) is 9.51. The molecule has 0 aromatic carbocycles. The lowest BCUT2D eigenvalue weighted by molar-refractivity contribution is -0.124. The van der Waals surface area contributed by atoms with Crippen molar-refractivity contribution >= 4 is 5.91 Å². The van der Waals surface area contributed by atoms with Crippen LogP contribution in [-0.2, 0) is 4.79 Å². The molecule has 4 fully saturated rings. The van der Waals surface area contributed by atoms with Crippen molar-refractivity contribution in [3.63, 3.8) is 0 Å². The monoisotopic (exact) mass is 380 g/mol. The van der Waals surface area contributed by atoms with Crippen LogP contribution in [0.2, 0.25) is 0 Å². The molecule has 154 valence electrons. The highest BCUT2D eigenvalue weighted by Crippen LogP contribution is 2.38. The van der Waals surface area contributed by atoms with Crippen LogP contribution in [-0.4, -0.2) is 67.3 Å². The maximum Gasteiger partial charge on any atom is 0.237 e.